The van der Waals surface area contributed by atoms with Gasteiger partial charge >= 0.3 is 0 Å². The number of fused-ring (bicyclic) bond motifs is 2. The SMILES string of the molecule is CC(C(=O)NCc1nc(NCCCc2ccccc2)c2ccccc2n1)c1n[nH]c(=O)c2ccccc12. The Morgan fingerprint density at radius 3 is 2.41 bits per heavy atom. The van der Waals surface area contributed by atoms with E-state index in [2.05, 4.69) is 50.1 Å². The number of para-hydroxylation sites is 1. The van der Waals surface area contributed by atoms with Crippen LogP contribution in [0.3, 0.4) is 0 Å². The minimum absolute atomic E-state index is 0.175. The van der Waals surface area contributed by atoms with E-state index < -0.39 is 5.92 Å². The Morgan fingerprint density at radius 2 is 1.59 bits per heavy atom. The molecular weight excluding hydrogens is 464 g/mol. The van der Waals surface area contributed by atoms with E-state index in [1.54, 1.807) is 25.1 Å². The summed E-state index contributed by atoms with van der Waals surface area (Å²) in [6.45, 7) is 2.71. The number of carbonyl (C=O) groups is 1. The maximum absolute atomic E-state index is 13.0. The molecule has 0 aliphatic carbocycles. The van der Waals surface area contributed by atoms with Crippen molar-refractivity contribution in [2.45, 2.75) is 32.2 Å². The smallest absolute Gasteiger partial charge is 0.272 e. The van der Waals surface area contributed by atoms with Crippen molar-refractivity contribution >= 4 is 33.4 Å². The van der Waals surface area contributed by atoms with Gasteiger partial charge in [0.05, 0.1) is 29.1 Å². The number of amides is 1. The molecule has 1 unspecified atom stereocenters. The molecule has 3 N–H and O–H groups in total. The molecule has 0 aliphatic rings. The average Bonchev–Trinajstić information content (AvgIpc) is 2.94. The monoisotopic (exact) mass is 492 g/mol. The maximum Gasteiger partial charge on any atom is 0.272 e. The summed E-state index contributed by atoms with van der Waals surface area (Å²) in [7, 11) is 0. The van der Waals surface area contributed by atoms with Crippen molar-refractivity contribution in [3.8, 4) is 0 Å². The summed E-state index contributed by atoms with van der Waals surface area (Å²) in [6, 6.07) is 25.4. The number of H-pyrrole nitrogens is 1. The molecule has 2 heterocycles. The van der Waals surface area contributed by atoms with Crippen LogP contribution in [0.1, 0.15) is 36.3 Å². The lowest BCUT2D eigenvalue weighted by Crippen LogP contribution is -2.29. The number of hydrogen-bond donors (Lipinski definition) is 3. The van der Waals surface area contributed by atoms with Crippen LogP contribution in [0, 0.1) is 0 Å². The van der Waals surface area contributed by atoms with Gasteiger partial charge in [0, 0.05) is 17.3 Å². The predicted octanol–water partition coefficient (Wildman–Crippen LogP) is 4.33. The van der Waals surface area contributed by atoms with Gasteiger partial charge in [0.15, 0.2) is 5.82 Å². The fourth-order valence-corrected chi connectivity index (χ4v) is 4.39. The highest BCUT2D eigenvalue weighted by molar-refractivity contribution is 5.91. The molecule has 0 fully saturated rings. The van der Waals surface area contributed by atoms with E-state index in [9.17, 15) is 9.59 Å². The van der Waals surface area contributed by atoms with Gasteiger partial charge < -0.3 is 10.6 Å². The molecular formula is C29H28N6O2. The van der Waals surface area contributed by atoms with E-state index in [1.165, 1.54) is 5.56 Å². The molecule has 2 aromatic heterocycles. The van der Waals surface area contributed by atoms with E-state index in [4.69, 9.17) is 4.98 Å². The minimum atomic E-state index is -0.571. The van der Waals surface area contributed by atoms with Crippen LogP contribution in [0.2, 0.25) is 0 Å². The van der Waals surface area contributed by atoms with Gasteiger partial charge in [0.1, 0.15) is 5.82 Å². The van der Waals surface area contributed by atoms with Crippen LogP contribution in [0.5, 0.6) is 0 Å². The Bertz CT molecular complexity index is 1600. The fraction of sp³-hybridized carbons (Fsp3) is 0.207. The molecule has 1 atom stereocenters. The standard InChI is InChI=1S/C29H28N6O2/c1-19(26-21-13-5-6-14-22(21)29(37)35-34-26)28(36)31-18-25-32-24-16-8-7-15-23(24)27(33-25)30-17-9-12-20-10-3-2-4-11-20/h2-8,10-11,13-16,19H,9,12,17-18H2,1H3,(H,31,36)(H,35,37)(H,30,32,33). The van der Waals surface area contributed by atoms with E-state index in [-0.39, 0.29) is 18.0 Å². The summed E-state index contributed by atoms with van der Waals surface area (Å²) in [5.74, 6) is 0.477. The summed E-state index contributed by atoms with van der Waals surface area (Å²) in [5.41, 5.74) is 2.36. The van der Waals surface area contributed by atoms with Crippen LogP contribution in [-0.4, -0.2) is 32.6 Å². The van der Waals surface area contributed by atoms with Crippen LogP contribution in [0.15, 0.2) is 83.7 Å². The van der Waals surface area contributed by atoms with Crippen molar-refractivity contribution in [2.75, 3.05) is 11.9 Å². The first-order valence-corrected chi connectivity index (χ1v) is 12.4. The van der Waals surface area contributed by atoms with Crippen LogP contribution < -0.4 is 16.2 Å². The number of aromatic nitrogens is 4. The highest BCUT2D eigenvalue weighted by Gasteiger charge is 2.20. The third kappa shape index (κ3) is 5.48. The Morgan fingerprint density at radius 1 is 0.892 bits per heavy atom. The molecule has 8 heteroatoms. The molecule has 0 saturated carbocycles. The zero-order valence-electron chi connectivity index (χ0n) is 20.6. The largest absolute Gasteiger partial charge is 0.369 e. The third-order valence-electron chi connectivity index (χ3n) is 6.38. The van der Waals surface area contributed by atoms with Gasteiger partial charge in [-0.05, 0) is 43.5 Å². The normalized spacial score (nSPS) is 11.9. The number of aromatic amines is 1. The van der Waals surface area contributed by atoms with Crippen molar-refractivity contribution in [3.63, 3.8) is 0 Å². The third-order valence-corrected chi connectivity index (χ3v) is 6.38. The van der Waals surface area contributed by atoms with Crippen molar-refractivity contribution in [3.05, 3.63) is 106 Å². The first kappa shape index (κ1) is 24.1. The summed E-state index contributed by atoms with van der Waals surface area (Å²) in [5, 5.41) is 15.2. The predicted molar refractivity (Wildman–Crippen MR) is 145 cm³/mol. The van der Waals surface area contributed by atoms with E-state index in [0.717, 1.165) is 36.1 Å². The quantitative estimate of drug-likeness (QED) is 0.264. The molecule has 0 radical (unpaired) electrons. The van der Waals surface area contributed by atoms with Crippen molar-refractivity contribution < 1.29 is 4.79 Å². The lowest BCUT2D eigenvalue weighted by Gasteiger charge is -2.14. The Balaban J connectivity index is 1.28. The Hall–Kier alpha value is -4.59. The highest BCUT2D eigenvalue weighted by atomic mass is 16.2. The number of aryl methyl sites for hydroxylation is 1. The van der Waals surface area contributed by atoms with Gasteiger partial charge in [-0.2, -0.15) is 5.10 Å². The molecule has 0 spiro atoms. The molecule has 0 aliphatic heterocycles. The zero-order chi connectivity index (χ0) is 25.6. The highest BCUT2D eigenvalue weighted by Crippen LogP contribution is 2.22. The summed E-state index contributed by atoms with van der Waals surface area (Å²) < 4.78 is 0. The molecule has 186 valence electrons. The molecule has 0 bridgehead atoms. The number of benzene rings is 3. The molecule has 37 heavy (non-hydrogen) atoms. The van der Waals surface area contributed by atoms with Crippen LogP contribution in [0.4, 0.5) is 5.82 Å². The summed E-state index contributed by atoms with van der Waals surface area (Å²) in [6.07, 6.45) is 1.94. The Kier molecular flexibility index (Phi) is 7.16. The lowest BCUT2D eigenvalue weighted by atomic mass is 10.0. The van der Waals surface area contributed by atoms with Crippen LogP contribution in [0.25, 0.3) is 21.7 Å². The van der Waals surface area contributed by atoms with Gasteiger partial charge in [-0.15, -0.1) is 0 Å². The maximum atomic E-state index is 13.0. The number of carbonyl (C=O) groups excluding carboxylic acids is 1. The van der Waals surface area contributed by atoms with E-state index in [1.807, 2.05) is 36.4 Å². The lowest BCUT2D eigenvalue weighted by molar-refractivity contribution is -0.122. The van der Waals surface area contributed by atoms with E-state index >= 15 is 0 Å². The molecule has 5 rings (SSSR count). The second-order valence-electron chi connectivity index (χ2n) is 8.94. The van der Waals surface area contributed by atoms with Crippen LogP contribution in [-0.2, 0) is 17.8 Å². The van der Waals surface area contributed by atoms with Gasteiger partial charge in [0.25, 0.3) is 5.56 Å². The number of nitrogens with zero attached hydrogens (tertiary/aromatic N) is 3. The minimum Gasteiger partial charge on any atom is -0.369 e. The number of hydrogen-bond acceptors (Lipinski definition) is 6. The molecule has 1 amide bonds. The van der Waals surface area contributed by atoms with Crippen molar-refractivity contribution in [1.82, 2.24) is 25.5 Å². The second kappa shape index (κ2) is 11.0. The van der Waals surface area contributed by atoms with Crippen LogP contribution >= 0.6 is 0 Å². The summed E-state index contributed by atoms with van der Waals surface area (Å²) in [4.78, 5) is 34.5. The van der Waals surface area contributed by atoms with Crippen molar-refractivity contribution in [2.24, 2.45) is 0 Å². The Labute approximate surface area is 214 Å². The first-order chi connectivity index (χ1) is 18.1. The second-order valence-corrected chi connectivity index (χ2v) is 8.94. The van der Waals surface area contributed by atoms with Gasteiger partial charge in [-0.3, -0.25) is 9.59 Å². The van der Waals surface area contributed by atoms with Gasteiger partial charge in [-0.25, -0.2) is 15.1 Å². The van der Waals surface area contributed by atoms with E-state index in [0.29, 0.717) is 22.3 Å². The molecule has 0 saturated heterocycles. The topological polar surface area (TPSA) is 113 Å². The first-order valence-electron chi connectivity index (χ1n) is 12.4. The fourth-order valence-electron chi connectivity index (χ4n) is 4.39. The van der Waals surface area contributed by atoms with Crippen molar-refractivity contribution in [1.29, 1.82) is 0 Å². The molecule has 5 aromatic rings. The summed E-state index contributed by atoms with van der Waals surface area (Å²) >= 11 is 0. The van der Waals surface area contributed by atoms with Gasteiger partial charge in [-0.1, -0.05) is 60.7 Å². The number of anilines is 1. The number of nitrogens with one attached hydrogen (secondary N) is 3. The zero-order valence-corrected chi connectivity index (χ0v) is 20.6. The molecule has 3 aromatic carbocycles. The number of rotatable bonds is 9. The molecule has 8 nitrogen and oxygen atoms in total. The average molecular weight is 493 g/mol. The van der Waals surface area contributed by atoms with Gasteiger partial charge in [0.2, 0.25) is 5.91 Å².